The van der Waals surface area contributed by atoms with E-state index in [0.717, 1.165) is 22.6 Å². The van der Waals surface area contributed by atoms with Gasteiger partial charge in [0.05, 0.1) is 26.0 Å². The molecule has 4 heterocycles. The standard InChI is InChI=1S/C20H17N5O3/c1-26-16-4-2-13(3-5-16)18-11-25-15(12-27-18)10-17(23-25)20-22-19(24-28-20)14-6-8-21-9-7-14/h2-10,18H,11-12H2,1H3/t18-/m0/s1. The van der Waals surface area contributed by atoms with Crippen molar-refractivity contribution in [3.63, 3.8) is 0 Å². The molecule has 1 aliphatic heterocycles. The lowest BCUT2D eigenvalue weighted by Crippen LogP contribution is -2.21. The van der Waals surface area contributed by atoms with E-state index in [9.17, 15) is 0 Å². The molecule has 1 aromatic carbocycles. The summed E-state index contributed by atoms with van der Waals surface area (Å²) in [6.07, 6.45) is 3.32. The number of methoxy groups -OCH3 is 1. The molecular weight excluding hydrogens is 358 g/mol. The predicted octanol–water partition coefficient (Wildman–Crippen LogP) is 3.28. The summed E-state index contributed by atoms with van der Waals surface area (Å²) in [6, 6.07) is 13.5. The van der Waals surface area contributed by atoms with Gasteiger partial charge in [0.25, 0.3) is 5.89 Å². The molecule has 0 aliphatic carbocycles. The molecule has 0 amide bonds. The van der Waals surface area contributed by atoms with Crippen molar-refractivity contribution in [2.45, 2.75) is 19.3 Å². The lowest BCUT2D eigenvalue weighted by molar-refractivity contribution is -0.00115. The Labute approximate surface area is 160 Å². The summed E-state index contributed by atoms with van der Waals surface area (Å²) in [5, 5.41) is 8.68. The largest absolute Gasteiger partial charge is 0.497 e. The Kier molecular flexibility index (Phi) is 4.10. The minimum atomic E-state index is -0.0683. The van der Waals surface area contributed by atoms with E-state index in [0.29, 0.717) is 30.6 Å². The summed E-state index contributed by atoms with van der Waals surface area (Å²) >= 11 is 0. The molecule has 1 atom stereocenters. The Bertz CT molecular complexity index is 1090. The molecule has 8 nitrogen and oxygen atoms in total. The first-order valence-electron chi connectivity index (χ1n) is 8.87. The van der Waals surface area contributed by atoms with Crippen LogP contribution in [0, 0.1) is 0 Å². The van der Waals surface area contributed by atoms with Gasteiger partial charge in [-0.25, -0.2) is 0 Å². The maximum absolute atomic E-state index is 6.01. The fraction of sp³-hybridized carbons (Fsp3) is 0.200. The Morgan fingerprint density at radius 3 is 2.71 bits per heavy atom. The molecular formula is C20H17N5O3. The van der Waals surface area contributed by atoms with Crippen molar-refractivity contribution in [2.24, 2.45) is 0 Å². The highest BCUT2D eigenvalue weighted by molar-refractivity contribution is 5.57. The van der Waals surface area contributed by atoms with Gasteiger partial charge < -0.3 is 14.0 Å². The first-order valence-corrected chi connectivity index (χ1v) is 8.87. The molecule has 0 bridgehead atoms. The summed E-state index contributed by atoms with van der Waals surface area (Å²) in [5.41, 5.74) is 3.54. The van der Waals surface area contributed by atoms with E-state index < -0.39 is 0 Å². The molecule has 0 radical (unpaired) electrons. The van der Waals surface area contributed by atoms with E-state index in [4.69, 9.17) is 14.0 Å². The molecule has 0 fully saturated rings. The van der Waals surface area contributed by atoms with Gasteiger partial charge in [-0.3, -0.25) is 9.67 Å². The van der Waals surface area contributed by atoms with Gasteiger partial charge in [-0.05, 0) is 35.9 Å². The van der Waals surface area contributed by atoms with Crippen LogP contribution >= 0.6 is 0 Å². The summed E-state index contributed by atoms with van der Waals surface area (Å²) in [7, 11) is 1.65. The highest BCUT2D eigenvalue weighted by atomic mass is 16.5. The zero-order valence-electron chi connectivity index (χ0n) is 15.1. The predicted molar refractivity (Wildman–Crippen MR) is 99.3 cm³/mol. The average Bonchev–Trinajstić information content (AvgIpc) is 3.41. The highest BCUT2D eigenvalue weighted by Gasteiger charge is 2.24. The Balaban J connectivity index is 1.38. The van der Waals surface area contributed by atoms with Crippen LogP contribution in [0.15, 0.2) is 59.4 Å². The topological polar surface area (TPSA) is 88.1 Å². The molecule has 5 rings (SSSR count). The van der Waals surface area contributed by atoms with Crippen LogP contribution < -0.4 is 4.74 Å². The molecule has 28 heavy (non-hydrogen) atoms. The van der Waals surface area contributed by atoms with E-state index in [1.165, 1.54) is 0 Å². The maximum atomic E-state index is 6.01. The second kappa shape index (κ2) is 6.90. The SMILES string of the molecule is COc1ccc([C@@H]2Cn3nc(-c4nc(-c5ccncc5)no4)cc3CO2)cc1. The van der Waals surface area contributed by atoms with Crippen molar-refractivity contribution >= 4 is 0 Å². The van der Waals surface area contributed by atoms with Gasteiger partial charge in [-0.1, -0.05) is 17.3 Å². The molecule has 0 spiro atoms. The lowest BCUT2D eigenvalue weighted by Gasteiger charge is -2.24. The third-order valence-corrected chi connectivity index (χ3v) is 4.71. The van der Waals surface area contributed by atoms with Crippen LogP contribution in [0.3, 0.4) is 0 Å². The van der Waals surface area contributed by atoms with Crippen LogP contribution in [-0.2, 0) is 17.9 Å². The Morgan fingerprint density at radius 1 is 1.11 bits per heavy atom. The third-order valence-electron chi connectivity index (χ3n) is 4.71. The Morgan fingerprint density at radius 2 is 1.93 bits per heavy atom. The summed E-state index contributed by atoms with van der Waals surface area (Å²) in [6.45, 7) is 1.09. The van der Waals surface area contributed by atoms with E-state index in [-0.39, 0.29) is 6.10 Å². The van der Waals surface area contributed by atoms with E-state index in [1.54, 1.807) is 19.5 Å². The van der Waals surface area contributed by atoms with Crippen molar-refractivity contribution in [1.29, 1.82) is 0 Å². The van der Waals surface area contributed by atoms with Crippen LogP contribution in [0.1, 0.15) is 17.4 Å². The first-order chi connectivity index (χ1) is 13.8. The van der Waals surface area contributed by atoms with Crippen LogP contribution in [-0.4, -0.2) is 32.0 Å². The quantitative estimate of drug-likeness (QED) is 0.541. The van der Waals surface area contributed by atoms with Crippen molar-refractivity contribution in [2.75, 3.05) is 7.11 Å². The van der Waals surface area contributed by atoms with Gasteiger partial charge in [0.1, 0.15) is 11.9 Å². The zero-order chi connectivity index (χ0) is 18.9. The second-order valence-electron chi connectivity index (χ2n) is 6.43. The summed E-state index contributed by atoms with van der Waals surface area (Å²) in [4.78, 5) is 8.45. The molecule has 0 N–H and O–H groups in total. The van der Waals surface area contributed by atoms with Gasteiger partial charge in [0.2, 0.25) is 5.82 Å². The number of aromatic nitrogens is 5. The number of fused-ring (bicyclic) bond motifs is 1. The molecule has 0 saturated heterocycles. The van der Waals surface area contributed by atoms with E-state index in [1.807, 2.05) is 47.1 Å². The van der Waals surface area contributed by atoms with Gasteiger partial charge in [0, 0.05) is 18.0 Å². The Hall–Kier alpha value is -3.52. The third kappa shape index (κ3) is 3.03. The molecule has 1 aliphatic rings. The average molecular weight is 375 g/mol. The molecule has 8 heteroatoms. The number of benzene rings is 1. The number of nitrogens with zero attached hydrogens (tertiary/aromatic N) is 5. The summed E-state index contributed by atoms with van der Waals surface area (Å²) < 4.78 is 18.6. The summed E-state index contributed by atoms with van der Waals surface area (Å²) in [5.74, 6) is 1.72. The molecule has 4 aromatic rings. The van der Waals surface area contributed by atoms with Gasteiger partial charge in [0.15, 0.2) is 5.69 Å². The van der Waals surface area contributed by atoms with Crippen molar-refractivity contribution < 1.29 is 14.0 Å². The minimum Gasteiger partial charge on any atom is -0.497 e. The molecule has 0 unspecified atom stereocenters. The number of hydrogen-bond acceptors (Lipinski definition) is 7. The fourth-order valence-corrected chi connectivity index (χ4v) is 3.20. The molecule has 3 aromatic heterocycles. The smallest absolute Gasteiger partial charge is 0.278 e. The van der Waals surface area contributed by atoms with Gasteiger partial charge >= 0.3 is 0 Å². The fourth-order valence-electron chi connectivity index (χ4n) is 3.20. The monoisotopic (exact) mass is 375 g/mol. The number of rotatable bonds is 4. The van der Waals surface area contributed by atoms with Crippen molar-refractivity contribution in [3.05, 3.63) is 66.1 Å². The maximum Gasteiger partial charge on any atom is 0.278 e. The number of hydrogen-bond donors (Lipinski definition) is 0. The van der Waals surface area contributed by atoms with E-state index in [2.05, 4.69) is 20.2 Å². The lowest BCUT2D eigenvalue weighted by atomic mass is 10.1. The van der Waals surface area contributed by atoms with Crippen molar-refractivity contribution in [3.8, 4) is 28.7 Å². The van der Waals surface area contributed by atoms with Crippen molar-refractivity contribution in [1.82, 2.24) is 24.9 Å². The van der Waals surface area contributed by atoms with Gasteiger partial charge in [-0.15, -0.1) is 0 Å². The van der Waals surface area contributed by atoms with Crippen LogP contribution in [0.4, 0.5) is 0 Å². The highest BCUT2D eigenvalue weighted by Crippen LogP contribution is 2.30. The zero-order valence-corrected chi connectivity index (χ0v) is 15.1. The number of pyridine rings is 1. The minimum absolute atomic E-state index is 0.0683. The molecule has 0 saturated carbocycles. The number of ether oxygens (including phenoxy) is 2. The van der Waals surface area contributed by atoms with Crippen LogP contribution in [0.25, 0.3) is 23.0 Å². The van der Waals surface area contributed by atoms with Crippen LogP contribution in [0.5, 0.6) is 5.75 Å². The first kappa shape index (κ1) is 16.6. The second-order valence-corrected chi connectivity index (χ2v) is 6.43. The van der Waals surface area contributed by atoms with Gasteiger partial charge in [-0.2, -0.15) is 10.1 Å². The van der Waals surface area contributed by atoms with Crippen LogP contribution in [0.2, 0.25) is 0 Å². The normalized spacial score (nSPS) is 16.0. The molecule has 140 valence electrons. The van der Waals surface area contributed by atoms with E-state index >= 15 is 0 Å².